The van der Waals surface area contributed by atoms with Gasteiger partial charge in [-0.3, -0.25) is 0 Å². The van der Waals surface area contributed by atoms with Crippen LogP contribution in [0.3, 0.4) is 0 Å². The van der Waals surface area contributed by atoms with Crippen LogP contribution in [0, 0.1) is 0 Å². The van der Waals surface area contributed by atoms with Crippen molar-refractivity contribution in [1.29, 1.82) is 0 Å². The minimum Gasteiger partial charge on any atom is -0.476 e. The standard InChI is InChI=1S/C14H14N2O2S/c17-13(18)12-9-19-14(15-12)16-7-5-10-3-1-2-4-11(10)6-8-16/h1-4,9H,5-8H2,(H,17,18). The summed E-state index contributed by atoms with van der Waals surface area (Å²) in [7, 11) is 0. The Hall–Kier alpha value is -1.88. The van der Waals surface area contributed by atoms with Gasteiger partial charge in [0.2, 0.25) is 0 Å². The average Bonchev–Trinajstić information content (AvgIpc) is 2.80. The third kappa shape index (κ3) is 2.46. The quantitative estimate of drug-likeness (QED) is 0.914. The highest BCUT2D eigenvalue weighted by Crippen LogP contribution is 2.24. The Balaban J connectivity index is 1.79. The van der Waals surface area contributed by atoms with E-state index in [2.05, 4.69) is 34.1 Å². The molecule has 3 rings (SSSR count). The normalized spacial score (nSPS) is 14.8. The van der Waals surface area contributed by atoms with Crippen LogP contribution < -0.4 is 4.90 Å². The number of carboxylic acids is 1. The van der Waals surface area contributed by atoms with Gasteiger partial charge in [0, 0.05) is 18.5 Å². The average molecular weight is 274 g/mol. The molecule has 0 atom stereocenters. The van der Waals surface area contributed by atoms with Crippen molar-refractivity contribution in [3.63, 3.8) is 0 Å². The second-order valence-electron chi connectivity index (χ2n) is 4.58. The molecule has 0 aliphatic carbocycles. The van der Waals surface area contributed by atoms with E-state index in [1.807, 2.05) is 0 Å². The molecular formula is C14H14N2O2S. The predicted octanol–water partition coefficient (Wildman–Crippen LogP) is 2.45. The van der Waals surface area contributed by atoms with Gasteiger partial charge in [0.25, 0.3) is 0 Å². The minimum atomic E-state index is -0.958. The summed E-state index contributed by atoms with van der Waals surface area (Å²) in [6.45, 7) is 1.78. The largest absolute Gasteiger partial charge is 0.476 e. The molecule has 1 aliphatic rings. The van der Waals surface area contributed by atoms with E-state index in [0.29, 0.717) is 0 Å². The summed E-state index contributed by atoms with van der Waals surface area (Å²) in [5, 5.41) is 11.3. The van der Waals surface area contributed by atoms with Crippen molar-refractivity contribution in [3.05, 3.63) is 46.5 Å². The summed E-state index contributed by atoms with van der Waals surface area (Å²) >= 11 is 1.41. The summed E-state index contributed by atoms with van der Waals surface area (Å²) in [6, 6.07) is 8.48. The van der Waals surface area contributed by atoms with Crippen LogP contribution >= 0.6 is 11.3 Å². The molecule has 0 saturated carbocycles. The van der Waals surface area contributed by atoms with Gasteiger partial charge >= 0.3 is 5.97 Å². The van der Waals surface area contributed by atoms with Gasteiger partial charge in [-0.1, -0.05) is 24.3 Å². The molecule has 1 aromatic carbocycles. The van der Waals surface area contributed by atoms with Crippen LogP contribution in [0.2, 0.25) is 0 Å². The molecule has 2 aromatic rings. The van der Waals surface area contributed by atoms with E-state index in [4.69, 9.17) is 5.11 Å². The van der Waals surface area contributed by atoms with Crippen molar-refractivity contribution in [1.82, 2.24) is 4.98 Å². The number of hydrogen-bond acceptors (Lipinski definition) is 4. The van der Waals surface area contributed by atoms with Crippen molar-refractivity contribution >= 4 is 22.4 Å². The third-order valence-corrected chi connectivity index (χ3v) is 4.30. The van der Waals surface area contributed by atoms with Crippen molar-refractivity contribution in [2.75, 3.05) is 18.0 Å². The monoisotopic (exact) mass is 274 g/mol. The topological polar surface area (TPSA) is 53.4 Å². The molecule has 1 aromatic heterocycles. The number of carbonyl (C=O) groups is 1. The number of fused-ring (bicyclic) bond motifs is 1. The summed E-state index contributed by atoms with van der Waals surface area (Å²) in [6.07, 6.45) is 1.97. The molecule has 0 radical (unpaired) electrons. The zero-order valence-electron chi connectivity index (χ0n) is 10.4. The van der Waals surface area contributed by atoms with Crippen LogP contribution in [0.25, 0.3) is 0 Å². The lowest BCUT2D eigenvalue weighted by atomic mass is 10.0. The molecule has 2 heterocycles. The Morgan fingerprint density at radius 3 is 2.37 bits per heavy atom. The fourth-order valence-electron chi connectivity index (χ4n) is 2.37. The molecule has 98 valence electrons. The lowest BCUT2D eigenvalue weighted by Crippen LogP contribution is -2.25. The summed E-state index contributed by atoms with van der Waals surface area (Å²) in [5.74, 6) is -0.958. The number of aromatic carboxylic acids is 1. The molecular weight excluding hydrogens is 260 g/mol. The number of hydrogen-bond donors (Lipinski definition) is 1. The number of nitrogens with zero attached hydrogens (tertiary/aromatic N) is 2. The van der Waals surface area contributed by atoms with Gasteiger partial charge in [0.15, 0.2) is 10.8 Å². The fourth-order valence-corrected chi connectivity index (χ4v) is 3.22. The third-order valence-electron chi connectivity index (χ3n) is 3.40. The number of rotatable bonds is 2. The van der Waals surface area contributed by atoms with Crippen LogP contribution in [-0.2, 0) is 12.8 Å². The highest BCUT2D eigenvalue weighted by atomic mass is 32.1. The van der Waals surface area contributed by atoms with Gasteiger partial charge in [-0.25, -0.2) is 9.78 Å². The SMILES string of the molecule is O=C(O)c1csc(N2CCc3ccccc3CC2)n1. The maximum absolute atomic E-state index is 10.9. The van der Waals surface area contributed by atoms with Crippen LogP contribution in [-0.4, -0.2) is 29.1 Å². The van der Waals surface area contributed by atoms with E-state index in [0.717, 1.165) is 31.1 Å². The van der Waals surface area contributed by atoms with Gasteiger partial charge in [0.05, 0.1) is 0 Å². The molecule has 0 spiro atoms. The second-order valence-corrected chi connectivity index (χ2v) is 5.41. The lowest BCUT2D eigenvalue weighted by Gasteiger charge is -2.18. The zero-order chi connectivity index (χ0) is 13.2. The Morgan fingerprint density at radius 2 is 1.84 bits per heavy atom. The molecule has 0 saturated heterocycles. The first-order valence-electron chi connectivity index (χ1n) is 6.24. The maximum Gasteiger partial charge on any atom is 0.355 e. The summed E-state index contributed by atoms with van der Waals surface area (Å²) in [4.78, 5) is 17.2. The summed E-state index contributed by atoms with van der Waals surface area (Å²) in [5.41, 5.74) is 2.92. The van der Waals surface area contributed by atoms with E-state index in [1.165, 1.54) is 22.5 Å². The zero-order valence-corrected chi connectivity index (χ0v) is 11.2. The first-order chi connectivity index (χ1) is 9.24. The Labute approximate surface area is 115 Å². The molecule has 0 unspecified atom stereocenters. The number of aromatic nitrogens is 1. The van der Waals surface area contributed by atoms with Gasteiger partial charge in [-0.2, -0.15) is 0 Å². The lowest BCUT2D eigenvalue weighted by molar-refractivity contribution is 0.0691. The number of anilines is 1. The predicted molar refractivity (Wildman–Crippen MR) is 75.1 cm³/mol. The first kappa shape index (κ1) is 12.2. The van der Waals surface area contributed by atoms with Crippen LogP contribution in [0.5, 0.6) is 0 Å². The van der Waals surface area contributed by atoms with Crippen LogP contribution in [0.15, 0.2) is 29.6 Å². The molecule has 1 N–H and O–H groups in total. The Kier molecular flexibility index (Phi) is 3.21. The van der Waals surface area contributed by atoms with Crippen LogP contribution in [0.4, 0.5) is 5.13 Å². The number of carboxylic acid groups (broad SMARTS) is 1. The molecule has 0 bridgehead atoms. The highest BCUT2D eigenvalue weighted by Gasteiger charge is 2.17. The molecule has 1 aliphatic heterocycles. The number of thiazole rings is 1. The van der Waals surface area contributed by atoms with E-state index >= 15 is 0 Å². The van der Waals surface area contributed by atoms with Crippen molar-refractivity contribution in [2.24, 2.45) is 0 Å². The van der Waals surface area contributed by atoms with E-state index < -0.39 is 5.97 Å². The summed E-state index contributed by atoms with van der Waals surface area (Å²) < 4.78 is 0. The first-order valence-corrected chi connectivity index (χ1v) is 7.12. The smallest absolute Gasteiger partial charge is 0.355 e. The molecule has 19 heavy (non-hydrogen) atoms. The minimum absolute atomic E-state index is 0.141. The van der Waals surface area contributed by atoms with E-state index in [-0.39, 0.29) is 5.69 Å². The Morgan fingerprint density at radius 1 is 1.21 bits per heavy atom. The molecule has 4 nitrogen and oxygen atoms in total. The van der Waals surface area contributed by atoms with Gasteiger partial charge < -0.3 is 10.0 Å². The number of benzene rings is 1. The van der Waals surface area contributed by atoms with Crippen LogP contribution in [0.1, 0.15) is 21.6 Å². The molecule has 5 heteroatoms. The van der Waals surface area contributed by atoms with Gasteiger partial charge in [-0.05, 0) is 24.0 Å². The second kappa shape index (κ2) is 5.01. The van der Waals surface area contributed by atoms with E-state index in [9.17, 15) is 4.79 Å². The van der Waals surface area contributed by atoms with Gasteiger partial charge in [-0.15, -0.1) is 11.3 Å². The Bertz CT molecular complexity index is 582. The van der Waals surface area contributed by atoms with Gasteiger partial charge in [0.1, 0.15) is 0 Å². The van der Waals surface area contributed by atoms with Crippen molar-refractivity contribution in [2.45, 2.75) is 12.8 Å². The highest BCUT2D eigenvalue weighted by molar-refractivity contribution is 7.13. The molecule has 0 amide bonds. The fraction of sp³-hybridized carbons (Fsp3) is 0.286. The van der Waals surface area contributed by atoms with Crippen molar-refractivity contribution < 1.29 is 9.90 Å². The maximum atomic E-state index is 10.9. The molecule has 0 fully saturated rings. The van der Waals surface area contributed by atoms with Crippen molar-refractivity contribution in [3.8, 4) is 0 Å². The van der Waals surface area contributed by atoms with E-state index in [1.54, 1.807) is 5.38 Å².